The van der Waals surface area contributed by atoms with Crippen molar-refractivity contribution in [1.82, 2.24) is 4.98 Å². The summed E-state index contributed by atoms with van der Waals surface area (Å²) in [6.45, 7) is 0. The van der Waals surface area contributed by atoms with Crippen molar-refractivity contribution in [3.63, 3.8) is 0 Å². The number of rotatable bonds is 1. The van der Waals surface area contributed by atoms with Crippen molar-refractivity contribution in [3.8, 4) is 11.1 Å². The van der Waals surface area contributed by atoms with E-state index in [0.717, 1.165) is 4.47 Å². The number of benzene rings is 1. The number of nitrogens with two attached hydrogens (primary N) is 1. The van der Waals surface area contributed by atoms with E-state index in [2.05, 4.69) is 20.9 Å². The fraction of sp³-hybridized carbons (Fsp3) is 0. The van der Waals surface area contributed by atoms with Crippen LogP contribution in [-0.4, -0.2) is 4.98 Å². The van der Waals surface area contributed by atoms with Gasteiger partial charge in [-0.2, -0.15) is 0 Å². The van der Waals surface area contributed by atoms with Gasteiger partial charge in [-0.15, -0.1) is 0 Å². The Hall–Kier alpha value is -1.26. The zero-order chi connectivity index (χ0) is 11.7. The number of nitrogen functional groups attached to an aromatic ring is 1. The number of aromatic nitrogens is 1. The minimum atomic E-state index is -0.197. The molecule has 3 nitrogen and oxygen atoms in total. The van der Waals surface area contributed by atoms with Crippen LogP contribution in [-0.2, 0) is 0 Å². The Kier molecular flexibility index (Phi) is 3.03. The van der Waals surface area contributed by atoms with Crippen LogP contribution in [0.5, 0.6) is 0 Å². The smallest absolute Gasteiger partial charge is 0.255 e. The lowest BCUT2D eigenvalue weighted by Crippen LogP contribution is -2.08. The lowest BCUT2D eigenvalue weighted by molar-refractivity contribution is 1.23. The molecule has 1 heterocycles. The molecule has 0 radical (unpaired) electrons. The van der Waals surface area contributed by atoms with Gasteiger partial charge < -0.3 is 10.7 Å². The number of anilines is 1. The van der Waals surface area contributed by atoms with E-state index in [9.17, 15) is 4.79 Å². The van der Waals surface area contributed by atoms with Crippen LogP contribution in [0.1, 0.15) is 0 Å². The van der Waals surface area contributed by atoms with Crippen molar-refractivity contribution in [2.24, 2.45) is 0 Å². The summed E-state index contributed by atoms with van der Waals surface area (Å²) >= 11 is 9.20. The first-order valence-corrected chi connectivity index (χ1v) is 5.69. The van der Waals surface area contributed by atoms with Gasteiger partial charge >= 0.3 is 0 Å². The predicted octanol–water partition coefficient (Wildman–Crippen LogP) is 3.04. The maximum atomic E-state index is 11.7. The van der Waals surface area contributed by atoms with Crippen LogP contribution >= 0.6 is 27.5 Å². The van der Waals surface area contributed by atoms with E-state index in [1.54, 1.807) is 30.5 Å². The molecular weight excluding hydrogens is 291 g/mol. The van der Waals surface area contributed by atoms with Gasteiger partial charge in [0, 0.05) is 16.2 Å². The standard InChI is InChI=1S/C11H8BrClN2O/c12-6-4-8(11(16)15-5-6)7-2-1-3-9(13)10(7)14/h1-5H,14H2,(H,15,16). The van der Waals surface area contributed by atoms with E-state index in [4.69, 9.17) is 17.3 Å². The molecule has 0 aliphatic carbocycles. The van der Waals surface area contributed by atoms with Crippen LogP contribution in [0, 0.1) is 0 Å². The lowest BCUT2D eigenvalue weighted by Gasteiger charge is -2.06. The number of aromatic amines is 1. The summed E-state index contributed by atoms with van der Waals surface area (Å²) in [5, 5.41) is 0.442. The minimum Gasteiger partial charge on any atom is -0.397 e. The second kappa shape index (κ2) is 4.31. The van der Waals surface area contributed by atoms with E-state index in [1.807, 2.05) is 0 Å². The Morgan fingerprint density at radius 1 is 1.31 bits per heavy atom. The van der Waals surface area contributed by atoms with E-state index in [-0.39, 0.29) is 5.56 Å². The van der Waals surface area contributed by atoms with Crippen molar-refractivity contribution >= 4 is 33.2 Å². The molecule has 0 aliphatic rings. The molecule has 0 aliphatic heterocycles. The number of pyridine rings is 1. The number of nitrogens with one attached hydrogen (secondary N) is 1. The number of hydrogen-bond acceptors (Lipinski definition) is 2. The zero-order valence-corrected chi connectivity index (χ0v) is 10.5. The van der Waals surface area contributed by atoms with Crippen LogP contribution in [0.25, 0.3) is 11.1 Å². The minimum absolute atomic E-state index is 0.197. The molecule has 0 saturated carbocycles. The largest absolute Gasteiger partial charge is 0.397 e. The Labute approximate surface area is 105 Å². The van der Waals surface area contributed by atoms with Crippen molar-refractivity contribution in [3.05, 3.63) is 50.3 Å². The van der Waals surface area contributed by atoms with Gasteiger partial charge in [0.1, 0.15) is 0 Å². The molecule has 2 rings (SSSR count). The third-order valence-electron chi connectivity index (χ3n) is 2.21. The average molecular weight is 300 g/mol. The van der Waals surface area contributed by atoms with Crippen LogP contribution in [0.2, 0.25) is 5.02 Å². The Bertz CT molecular complexity index is 595. The first kappa shape index (κ1) is 11.2. The highest BCUT2D eigenvalue weighted by atomic mass is 79.9. The summed E-state index contributed by atoms with van der Waals surface area (Å²) in [7, 11) is 0. The summed E-state index contributed by atoms with van der Waals surface area (Å²) < 4.78 is 0.779. The molecule has 0 amide bonds. The summed E-state index contributed by atoms with van der Waals surface area (Å²) in [4.78, 5) is 14.3. The highest BCUT2D eigenvalue weighted by Crippen LogP contribution is 2.30. The molecule has 2 aromatic rings. The highest BCUT2D eigenvalue weighted by Gasteiger charge is 2.09. The van der Waals surface area contributed by atoms with Gasteiger partial charge in [0.2, 0.25) is 0 Å². The van der Waals surface area contributed by atoms with Crippen molar-refractivity contribution in [1.29, 1.82) is 0 Å². The molecule has 5 heteroatoms. The summed E-state index contributed by atoms with van der Waals surface area (Å²) in [6, 6.07) is 6.92. The molecule has 1 aromatic heterocycles. The number of halogens is 2. The topological polar surface area (TPSA) is 58.9 Å². The second-order valence-electron chi connectivity index (χ2n) is 3.26. The van der Waals surface area contributed by atoms with Crippen molar-refractivity contribution in [2.75, 3.05) is 5.73 Å². The summed E-state index contributed by atoms with van der Waals surface area (Å²) in [5.41, 5.74) is 7.18. The van der Waals surface area contributed by atoms with Gasteiger partial charge in [-0.05, 0) is 28.1 Å². The van der Waals surface area contributed by atoms with E-state index in [1.165, 1.54) is 0 Å². The highest BCUT2D eigenvalue weighted by molar-refractivity contribution is 9.10. The van der Waals surface area contributed by atoms with Gasteiger partial charge in [-0.1, -0.05) is 23.7 Å². The molecule has 0 saturated heterocycles. The normalized spacial score (nSPS) is 10.4. The Balaban J connectivity index is 2.72. The first-order chi connectivity index (χ1) is 7.59. The fourth-order valence-electron chi connectivity index (χ4n) is 1.43. The van der Waals surface area contributed by atoms with Crippen LogP contribution in [0.4, 0.5) is 5.69 Å². The molecule has 0 bridgehead atoms. The van der Waals surface area contributed by atoms with Crippen LogP contribution < -0.4 is 11.3 Å². The molecular formula is C11H8BrClN2O. The van der Waals surface area contributed by atoms with Gasteiger partial charge in [0.25, 0.3) is 5.56 Å². The third kappa shape index (κ3) is 1.99. The SMILES string of the molecule is Nc1c(Cl)cccc1-c1cc(Br)c[nH]c1=O. The van der Waals surface area contributed by atoms with Crippen molar-refractivity contribution < 1.29 is 0 Å². The molecule has 3 N–H and O–H groups in total. The van der Waals surface area contributed by atoms with Gasteiger partial charge in [0.15, 0.2) is 0 Å². The zero-order valence-electron chi connectivity index (χ0n) is 8.13. The quantitative estimate of drug-likeness (QED) is 0.795. The number of H-pyrrole nitrogens is 1. The van der Waals surface area contributed by atoms with Crippen LogP contribution in [0.15, 0.2) is 39.7 Å². The van der Waals surface area contributed by atoms with E-state index >= 15 is 0 Å². The maximum absolute atomic E-state index is 11.7. The molecule has 0 unspecified atom stereocenters. The molecule has 0 spiro atoms. The number of hydrogen-bond donors (Lipinski definition) is 2. The molecule has 82 valence electrons. The Morgan fingerprint density at radius 2 is 2.06 bits per heavy atom. The third-order valence-corrected chi connectivity index (χ3v) is 3.00. The average Bonchev–Trinajstić information content (AvgIpc) is 2.26. The second-order valence-corrected chi connectivity index (χ2v) is 4.58. The van der Waals surface area contributed by atoms with E-state index in [0.29, 0.717) is 21.8 Å². The van der Waals surface area contributed by atoms with E-state index < -0.39 is 0 Å². The fourth-order valence-corrected chi connectivity index (χ4v) is 1.95. The van der Waals surface area contributed by atoms with Gasteiger partial charge in [0.05, 0.1) is 16.3 Å². The summed E-state index contributed by atoms with van der Waals surface area (Å²) in [5.74, 6) is 0. The molecule has 1 aromatic carbocycles. The number of para-hydroxylation sites is 1. The molecule has 16 heavy (non-hydrogen) atoms. The maximum Gasteiger partial charge on any atom is 0.255 e. The predicted molar refractivity (Wildman–Crippen MR) is 69.6 cm³/mol. The molecule has 0 fully saturated rings. The Morgan fingerprint density at radius 3 is 2.81 bits per heavy atom. The first-order valence-electron chi connectivity index (χ1n) is 4.52. The van der Waals surface area contributed by atoms with Gasteiger partial charge in [-0.3, -0.25) is 4.79 Å². The molecule has 0 atom stereocenters. The monoisotopic (exact) mass is 298 g/mol. The van der Waals surface area contributed by atoms with Crippen LogP contribution in [0.3, 0.4) is 0 Å². The summed E-state index contributed by atoms with van der Waals surface area (Å²) in [6.07, 6.45) is 1.58. The van der Waals surface area contributed by atoms with Crippen molar-refractivity contribution in [2.45, 2.75) is 0 Å². The lowest BCUT2D eigenvalue weighted by atomic mass is 10.1. The van der Waals surface area contributed by atoms with Gasteiger partial charge in [-0.25, -0.2) is 0 Å².